The van der Waals surface area contributed by atoms with Crippen molar-refractivity contribution in [2.45, 2.75) is 19.8 Å². The predicted molar refractivity (Wildman–Crippen MR) is 63.5 cm³/mol. The average Bonchev–Trinajstić information content (AvgIpc) is 2.21. The summed E-state index contributed by atoms with van der Waals surface area (Å²) in [5, 5.41) is 11.0. The van der Waals surface area contributed by atoms with Gasteiger partial charge in [-0.2, -0.15) is 0 Å². The van der Waals surface area contributed by atoms with Crippen molar-refractivity contribution in [3.63, 3.8) is 0 Å². The first kappa shape index (κ1) is 13.0. The van der Waals surface area contributed by atoms with Crippen LogP contribution in [0.4, 0.5) is 4.79 Å². The molecule has 0 aromatic heterocycles. The fourth-order valence-corrected chi connectivity index (χ4v) is 1.88. The Morgan fingerprint density at radius 3 is 2.81 bits per heavy atom. The number of carbonyl (C=O) groups excluding carboxylic acids is 1. The second-order valence-corrected chi connectivity index (χ2v) is 4.69. The van der Waals surface area contributed by atoms with Crippen LogP contribution < -0.4 is 5.32 Å². The van der Waals surface area contributed by atoms with Gasteiger partial charge >= 0.3 is 12.0 Å². The molecule has 2 amide bonds. The Balaban J connectivity index is 2.36. The van der Waals surface area contributed by atoms with Crippen LogP contribution >= 0.6 is 15.9 Å². The Morgan fingerprint density at radius 2 is 2.25 bits per heavy atom. The molecule has 1 rings (SSSR count). The number of nitrogens with zero attached hydrogens (tertiary/aromatic N) is 1. The normalized spacial score (nSPS) is 16.2. The molecule has 5 nitrogen and oxygen atoms in total. The van der Waals surface area contributed by atoms with Crippen LogP contribution in [-0.4, -0.2) is 41.6 Å². The maximum atomic E-state index is 11.6. The van der Waals surface area contributed by atoms with Gasteiger partial charge in [0.1, 0.15) is 0 Å². The van der Waals surface area contributed by atoms with Crippen molar-refractivity contribution in [3.8, 4) is 0 Å². The maximum Gasteiger partial charge on any atom is 0.317 e. The van der Waals surface area contributed by atoms with Crippen molar-refractivity contribution in [1.29, 1.82) is 0 Å². The van der Waals surface area contributed by atoms with Gasteiger partial charge in [-0.05, 0) is 13.3 Å². The lowest BCUT2D eigenvalue weighted by Gasteiger charge is -2.27. The third-order valence-corrected chi connectivity index (χ3v) is 3.38. The van der Waals surface area contributed by atoms with Crippen LogP contribution in [0.3, 0.4) is 0 Å². The summed E-state index contributed by atoms with van der Waals surface area (Å²) >= 11 is 3.42. The average molecular weight is 291 g/mol. The molecular formula is C10H15BrN2O3. The first-order valence-corrected chi connectivity index (χ1v) is 5.88. The monoisotopic (exact) mass is 290 g/mol. The van der Waals surface area contributed by atoms with E-state index in [9.17, 15) is 9.59 Å². The number of rotatable bonds is 3. The van der Waals surface area contributed by atoms with Gasteiger partial charge in [0.25, 0.3) is 0 Å². The van der Waals surface area contributed by atoms with Crippen LogP contribution in [0, 0.1) is 0 Å². The second kappa shape index (κ2) is 5.89. The minimum Gasteiger partial charge on any atom is -0.481 e. The number of hydrogen-bond donors (Lipinski definition) is 2. The van der Waals surface area contributed by atoms with Gasteiger partial charge < -0.3 is 15.3 Å². The van der Waals surface area contributed by atoms with E-state index < -0.39 is 5.97 Å². The van der Waals surface area contributed by atoms with E-state index in [0.29, 0.717) is 13.1 Å². The third-order valence-electron chi connectivity index (χ3n) is 2.45. The van der Waals surface area contributed by atoms with Crippen molar-refractivity contribution in [2.75, 3.05) is 19.6 Å². The van der Waals surface area contributed by atoms with Crippen molar-refractivity contribution in [3.05, 3.63) is 10.1 Å². The summed E-state index contributed by atoms with van der Waals surface area (Å²) in [4.78, 5) is 23.5. The highest BCUT2D eigenvalue weighted by Gasteiger charge is 2.19. The number of aliphatic carboxylic acids is 1. The fraction of sp³-hybridized carbons (Fsp3) is 0.600. The fourth-order valence-electron chi connectivity index (χ4n) is 1.38. The lowest BCUT2D eigenvalue weighted by atomic mass is 10.1. The largest absolute Gasteiger partial charge is 0.481 e. The van der Waals surface area contributed by atoms with Crippen molar-refractivity contribution in [2.24, 2.45) is 0 Å². The molecular weight excluding hydrogens is 276 g/mol. The molecule has 16 heavy (non-hydrogen) atoms. The molecule has 0 bridgehead atoms. The maximum absolute atomic E-state index is 11.6. The lowest BCUT2D eigenvalue weighted by molar-refractivity contribution is -0.136. The number of amides is 2. The molecule has 90 valence electrons. The van der Waals surface area contributed by atoms with Crippen molar-refractivity contribution in [1.82, 2.24) is 10.2 Å². The van der Waals surface area contributed by atoms with Gasteiger partial charge in [-0.1, -0.05) is 21.5 Å². The molecule has 1 aliphatic heterocycles. The number of halogens is 1. The van der Waals surface area contributed by atoms with Crippen LogP contribution in [0.1, 0.15) is 19.8 Å². The van der Waals surface area contributed by atoms with Crippen molar-refractivity contribution >= 4 is 27.9 Å². The SMILES string of the molecule is CC1=C(Br)CN(C(=O)NCCC(=O)O)CC1. The van der Waals surface area contributed by atoms with Crippen LogP contribution in [0.15, 0.2) is 10.1 Å². The van der Waals surface area contributed by atoms with Crippen molar-refractivity contribution < 1.29 is 14.7 Å². The zero-order valence-corrected chi connectivity index (χ0v) is 10.7. The van der Waals surface area contributed by atoms with E-state index in [-0.39, 0.29) is 19.0 Å². The van der Waals surface area contributed by atoms with E-state index in [4.69, 9.17) is 5.11 Å². The molecule has 0 saturated carbocycles. The lowest BCUT2D eigenvalue weighted by Crippen LogP contribution is -2.43. The molecule has 0 unspecified atom stereocenters. The minimum atomic E-state index is -0.907. The van der Waals surface area contributed by atoms with E-state index in [0.717, 1.165) is 10.9 Å². The Kier molecular flexibility index (Phi) is 4.79. The minimum absolute atomic E-state index is 0.0460. The summed E-state index contributed by atoms with van der Waals surface area (Å²) in [5.41, 5.74) is 1.26. The van der Waals surface area contributed by atoms with E-state index in [1.807, 2.05) is 6.92 Å². The summed E-state index contributed by atoms with van der Waals surface area (Å²) in [6, 6.07) is -0.203. The quantitative estimate of drug-likeness (QED) is 0.828. The summed E-state index contributed by atoms with van der Waals surface area (Å²) in [6.45, 7) is 3.44. The number of hydrogen-bond acceptors (Lipinski definition) is 2. The molecule has 0 atom stereocenters. The van der Waals surface area contributed by atoms with Gasteiger partial charge in [0, 0.05) is 17.6 Å². The summed E-state index contributed by atoms with van der Waals surface area (Å²) in [7, 11) is 0. The zero-order chi connectivity index (χ0) is 12.1. The molecule has 0 aliphatic carbocycles. The summed E-state index contributed by atoms with van der Waals surface area (Å²) in [6.07, 6.45) is 0.808. The first-order chi connectivity index (χ1) is 7.50. The molecule has 0 saturated heterocycles. The highest BCUT2D eigenvalue weighted by molar-refractivity contribution is 9.11. The van der Waals surface area contributed by atoms with Gasteiger partial charge in [0.2, 0.25) is 0 Å². The molecule has 0 radical (unpaired) electrons. The predicted octanol–water partition coefficient (Wildman–Crippen LogP) is 1.55. The molecule has 0 spiro atoms. The van der Waals surface area contributed by atoms with E-state index in [2.05, 4.69) is 21.2 Å². The standard InChI is InChI=1S/C10H15BrN2O3/c1-7-3-5-13(6-8(7)11)10(16)12-4-2-9(14)15/h2-6H2,1H3,(H,12,16)(H,14,15). The smallest absolute Gasteiger partial charge is 0.317 e. The highest BCUT2D eigenvalue weighted by atomic mass is 79.9. The number of urea groups is 1. The van der Waals surface area contributed by atoms with E-state index in [1.165, 1.54) is 5.57 Å². The molecule has 0 aromatic rings. The Morgan fingerprint density at radius 1 is 1.56 bits per heavy atom. The van der Waals surface area contributed by atoms with Crippen LogP contribution in [0.5, 0.6) is 0 Å². The van der Waals surface area contributed by atoms with Gasteiger partial charge in [-0.3, -0.25) is 4.79 Å². The summed E-state index contributed by atoms with van der Waals surface area (Å²) in [5.74, 6) is -0.907. The molecule has 1 aliphatic rings. The molecule has 6 heteroatoms. The Bertz CT molecular complexity index is 328. The number of carboxylic acid groups (broad SMARTS) is 1. The Labute approximate surface area is 103 Å². The van der Waals surface area contributed by atoms with Gasteiger partial charge in [-0.15, -0.1) is 0 Å². The summed E-state index contributed by atoms with van der Waals surface area (Å²) < 4.78 is 1.03. The van der Waals surface area contributed by atoms with Crippen LogP contribution in [-0.2, 0) is 4.79 Å². The molecule has 1 heterocycles. The number of nitrogens with one attached hydrogen (secondary N) is 1. The number of carbonyl (C=O) groups is 2. The first-order valence-electron chi connectivity index (χ1n) is 5.09. The topological polar surface area (TPSA) is 69.6 Å². The van der Waals surface area contributed by atoms with Gasteiger partial charge in [-0.25, -0.2) is 4.79 Å². The molecule has 0 aromatic carbocycles. The van der Waals surface area contributed by atoms with Crippen LogP contribution in [0.2, 0.25) is 0 Å². The highest BCUT2D eigenvalue weighted by Crippen LogP contribution is 2.21. The second-order valence-electron chi connectivity index (χ2n) is 3.73. The number of carboxylic acids is 1. The molecule has 0 fully saturated rings. The zero-order valence-electron chi connectivity index (χ0n) is 9.12. The van der Waals surface area contributed by atoms with E-state index in [1.54, 1.807) is 4.90 Å². The van der Waals surface area contributed by atoms with E-state index >= 15 is 0 Å². The van der Waals surface area contributed by atoms with Gasteiger partial charge in [0.05, 0.1) is 13.0 Å². The Hall–Kier alpha value is -1.04. The molecule has 2 N–H and O–H groups in total. The third kappa shape index (κ3) is 3.84. The van der Waals surface area contributed by atoms with Crippen LogP contribution in [0.25, 0.3) is 0 Å². The van der Waals surface area contributed by atoms with Gasteiger partial charge in [0.15, 0.2) is 0 Å².